The number of halogens is 2. The van der Waals surface area contributed by atoms with Gasteiger partial charge in [-0.15, -0.1) is 0 Å². The van der Waals surface area contributed by atoms with Crippen LogP contribution in [-0.4, -0.2) is 35.0 Å². The van der Waals surface area contributed by atoms with Gasteiger partial charge in [-0.1, -0.05) is 65.8 Å². The standard InChI is InChI=1S/C22H19ClFN3O3S/c1-30-21(29)18(11-14-5-3-2-4-6-14)26-20(28)19-17(23)12-25-22(27-19)31-13-15-7-9-16(24)10-8-15/h2-10,12,18H,11,13H2,1H3,(H,26,28). The van der Waals surface area contributed by atoms with Crippen LogP contribution >= 0.6 is 23.4 Å². The Labute approximate surface area is 188 Å². The topological polar surface area (TPSA) is 81.2 Å². The predicted octanol–water partition coefficient (Wildman–Crippen LogP) is 4.08. The van der Waals surface area contributed by atoms with Crippen molar-refractivity contribution < 1.29 is 18.7 Å². The second-order valence-electron chi connectivity index (χ2n) is 6.50. The molecule has 160 valence electrons. The minimum Gasteiger partial charge on any atom is -0.467 e. The second-order valence-corrected chi connectivity index (χ2v) is 7.85. The Balaban J connectivity index is 1.72. The maximum atomic E-state index is 13.0. The van der Waals surface area contributed by atoms with Gasteiger partial charge in [0.1, 0.15) is 11.9 Å². The van der Waals surface area contributed by atoms with Gasteiger partial charge in [0.25, 0.3) is 5.91 Å². The normalized spacial score (nSPS) is 11.6. The van der Waals surface area contributed by atoms with Gasteiger partial charge in [-0.25, -0.2) is 19.2 Å². The van der Waals surface area contributed by atoms with Crippen molar-refractivity contribution in [1.29, 1.82) is 0 Å². The number of hydrogen-bond donors (Lipinski definition) is 1. The van der Waals surface area contributed by atoms with Crippen molar-refractivity contribution >= 4 is 35.2 Å². The monoisotopic (exact) mass is 459 g/mol. The zero-order chi connectivity index (χ0) is 22.2. The molecule has 31 heavy (non-hydrogen) atoms. The van der Waals surface area contributed by atoms with Crippen LogP contribution in [0.25, 0.3) is 0 Å². The van der Waals surface area contributed by atoms with Crippen LogP contribution in [0.5, 0.6) is 0 Å². The first kappa shape index (κ1) is 22.7. The number of rotatable bonds is 8. The fraction of sp³-hybridized carbons (Fsp3) is 0.182. The molecule has 1 unspecified atom stereocenters. The molecule has 6 nitrogen and oxygen atoms in total. The lowest BCUT2D eigenvalue weighted by atomic mass is 10.1. The van der Waals surface area contributed by atoms with E-state index in [-0.39, 0.29) is 23.0 Å². The molecule has 1 atom stereocenters. The molecule has 1 amide bonds. The van der Waals surface area contributed by atoms with E-state index in [2.05, 4.69) is 15.3 Å². The van der Waals surface area contributed by atoms with Gasteiger partial charge >= 0.3 is 5.97 Å². The number of thioether (sulfide) groups is 1. The Hall–Kier alpha value is -2.97. The first-order valence-corrected chi connectivity index (χ1v) is 10.6. The van der Waals surface area contributed by atoms with Crippen LogP contribution in [-0.2, 0) is 21.7 Å². The minimum absolute atomic E-state index is 0.0414. The SMILES string of the molecule is COC(=O)C(Cc1ccccc1)NC(=O)c1nc(SCc2ccc(F)cc2)ncc1Cl. The quantitative estimate of drug-likeness (QED) is 0.310. The van der Waals surface area contributed by atoms with Crippen molar-refractivity contribution in [2.24, 2.45) is 0 Å². The van der Waals surface area contributed by atoms with Crippen LogP contribution in [0.2, 0.25) is 5.02 Å². The average molecular weight is 460 g/mol. The molecule has 0 aliphatic rings. The number of esters is 1. The summed E-state index contributed by atoms with van der Waals surface area (Å²) in [6.45, 7) is 0. The fourth-order valence-electron chi connectivity index (χ4n) is 2.72. The van der Waals surface area contributed by atoms with Crippen molar-refractivity contribution in [3.8, 4) is 0 Å². The third kappa shape index (κ3) is 6.50. The number of amides is 1. The third-order valence-corrected chi connectivity index (χ3v) is 5.50. The summed E-state index contributed by atoms with van der Waals surface area (Å²) in [6, 6.07) is 14.4. The summed E-state index contributed by atoms with van der Waals surface area (Å²) in [5.74, 6) is -1.01. The lowest BCUT2D eigenvalue weighted by molar-refractivity contribution is -0.142. The Morgan fingerprint density at radius 1 is 1.13 bits per heavy atom. The highest BCUT2D eigenvalue weighted by molar-refractivity contribution is 7.98. The summed E-state index contributed by atoms with van der Waals surface area (Å²) < 4.78 is 17.9. The van der Waals surface area contributed by atoms with Crippen LogP contribution in [0.4, 0.5) is 4.39 Å². The Kier molecular flexibility index (Phi) is 7.97. The lowest BCUT2D eigenvalue weighted by Gasteiger charge is -2.17. The number of benzene rings is 2. The van der Waals surface area contributed by atoms with Gasteiger partial charge in [0, 0.05) is 12.2 Å². The number of aromatic nitrogens is 2. The van der Waals surface area contributed by atoms with E-state index in [0.717, 1.165) is 11.1 Å². The predicted molar refractivity (Wildman–Crippen MR) is 116 cm³/mol. The third-order valence-electron chi connectivity index (χ3n) is 4.29. The number of ether oxygens (including phenoxy) is 1. The number of methoxy groups -OCH3 is 1. The molecule has 0 fully saturated rings. The molecule has 0 radical (unpaired) electrons. The summed E-state index contributed by atoms with van der Waals surface area (Å²) in [5.41, 5.74) is 1.70. The molecule has 0 saturated heterocycles. The van der Waals surface area contributed by atoms with E-state index in [9.17, 15) is 14.0 Å². The summed E-state index contributed by atoms with van der Waals surface area (Å²) in [7, 11) is 1.26. The molecule has 2 aromatic carbocycles. The Morgan fingerprint density at radius 3 is 2.52 bits per heavy atom. The molecule has 1 heterocycles. The highest BCUT2D eigenvalue weighted by atomic mass is 35.5. The number of carbonyl (C=O) groups excluding carboxylic acids is 2. The van der Waals surface area contributed by atoms with Gasteiger partial charge in [-0.2, -0.15) is 0 Å². The van der Waals surface area contributed by atoms with Crippen molar-refractivity contribution in [2.75, 3.05) is 7.11 Å². The maximum Gasteiger partial charge on any atom is 0.328 e. The molecular formula is C22H19ClFN3O3S. The van der Waals surface area contributed by atoms with Crippen molar-refractivity contribution in [1.82, 2.24) is 15.3 Å². The molecular weight excluding hydrogens is 441 g/mol. The highest BCUT2D eigenvalue weighted by Gasteiger charge is 2.25. The summed E-state index contributed by atoms with van der Waals surface area (Å²) in [6.07, 6.45) is 1.59. The van der Waals surface area contributed by atoms with Gasteiger partial charge < -0.3 is 10.1 Å². The van der Waals surface area contributed by atoms with E-state index < -0.39 is 17.9 Å². The molecule has 1 aromatic heterocycles. The highest BCUT2D eigenvalue weighted by Crippen LogP contribution is 2.22. The zero-order valence-corrected chi connectivity index (χ0v) is 18.1. The number of hydrogen-bond acceptors (Lipinski definition) is 6. The van der Waals surface area contributed by atoms with Crippen molar-refractivity contribution in [2.45, 2.75) is 23.4 Å². The largest absolute Gasteiger partial charge is 0.467 e. The molecule has 0 saturated carbocycles. The van der Waals surface area contributed by atoms with Gasteiger partial charge in [0.05, 0.1) is 18.3 Å². The van der Waals surface area contributed by atoms with Crippen LogP contribution in [0.3, 0.4) is 0 Å². The first-order chi connectivity index (χ1) is 15.0. The van der Waals surface area contributed by atoms with E-state index in [4.69, 9.17) is 16.3 Å². The molecule has 1 N–H and O–H groups in total. The molecule has 0 aliphatic carbocycles. The molecule has 0 spiro atoms. The Bertz CT molecular complexity index is 1050. The smallest absolute Gasteiger partial charge is 0.328 e. The minimum atomic E-state index is -0.902. The van der Waals surface area contributed by atoms with E-state index in [1.54, 1.807) is 12.1 Å². The van der Waals surface area contributed by atoms with Gasteiger partial charge in [-0.05, 0) is 23.3 Å². The fourth-order valence-corrected chi connectivity index (χ4v) is 3.67. The Morgan fingerprint density at radius 2 is 1.84 bits per heavy atom. The van der Waals surface area contributed by atoms with Crippen molar-refractivity contribution in [3.63, 3.8) is 0 Å². The van der Waals surface area contributed by atoms with E-state index in [0.29, 0.717) is 10.9 Å². The average Bonchev–Trinajstić information content (AvgIpc) is 2.79. The van der Waals surface area contributed by atoms with E-state index >= 15 is 0 Å². The first-order valence-electron chi connectivity index (χ1n) is 9.28. The molecule has 0 bridgehead atoms. The van der Waals surface area contributed by atoms with Crippen LogP contribution < -0.4 is 5.32 Å². The summed E-state index contributed by atoms with van der Waals surface area (Å²) in [5, 5.41) is 3.03. The number of carbonyl (C=O) groups is 2. The summed E-state index contributed by atoms with van der Waals surface area (Å²) >= 11 is 7.41. The van der Waals surface area contributed by atoms with Crippen molar-refractivity contribution in [3.05, 3.63) is 88.5 Å². The summed E-state index contributed by atoms with van der Waals surface area (Å²) in [4.78, 5) is 33.3. The van der Waals surface area contributed by atoms with E-state index in [1.807, 2.05) is 30.3 Å². The molecule has 9 heteroatoms. The number of nitrogens with one attached hydrogen (secondary N) is 1. The van der Waals surface area contributed by atoms with Gasteiger partial charge in [0.15, 0.2) is 10.9 Å². The maximum absolute atomic E-state index is 13.0. The van der Waals surface area contributed by atoms with Gasteiger partial charge in [0.2, 0.25) is 0 Å². The van der Waals surface area contributed by atoms with Crippen LogP contribution in [0, 0.1) is 5.82 Å². The zero-order valence-electron chi connectivity index (χ0n) is 16.5. The lowest BCUT2D eigenvalue weighted by Crippen LogP contribution is -2.43. The van der Waals surface area contributed by atoms with E-state index in [1.165, 1.54) is 37.2 Å². The molecule has 3 rings (SSSR count). The van der Waals surface area contributed by atoms with Crippen LogP contribution in [0.15, 0.2) is 66.0 Å². The molecule has 3 aromatic rings. The number of nitrogens with zero attached hydrogens (tertiary/aromatic N) is 2. The molecule has 0 aliphatic heterocycles. The second kappa shape index (κ2) is 10.9. The van der Waals surface area contributed by atoms with Gasteiger partial charge in [-0.3, -0.25) is 4.79 Å². The van der Waals surface area contributed by atoms with Crippen LogP contribution in [0.1, 0.15) is 21.6 Å².